The van der Waals surface area contributed by atoms with Crippen LogP contribution in [-0.2, 0) is 11.8 Å². The van der Waals surface area contributed by atoms with E-state index in [1.807, 2.05) is 48.0 Å². The standard InChI is InChI=1S/C23H28N4OS/c1-16(2)14-20(18-11-6-5-7-12-18)24-21(28)15-29-23-26-25-22(27(23)4)19-13-9-8-10-17(19)3/h5-13,16,20H,14-15H2,1-4H3,(H,24,28)/t20-/m0/s1. The van der Waals surface area contributed by atoms with Crippen molar-refractivity contribution in [2.45, 2.75) is 38.4 Å². The van der Waals surface area contributed by atoms with Crippen molar-refractivity contribution in [3.8, 4) is 11.4 Å². The van der Waals surface area contributed by atoms with Crippen molar-refractivity contribution in [1.82, 2.24) is 20.1 Å². The van der Waals surface area contributed by atoms with E-state index in [9.17, 15) is 4.79 Å². The lowest BCUT2D eigenvalue weighted by Gasteiger charge is -2.21. The molecule has 0 radical (unpaired) electrons. The quantitative estimate of drug-likeness (QED) is 0.545. The van der Waals surface area contributed by atoms with Crippen LogP contribution in [-0.4, -0.2) is 26.4 Å². The molecule has 0 saturated heterocycles. The summed E-state index contributed by atoms with van der Waals surface area (Å²) in [6, 6.07) is 18.3. The molecule has 3 rings (SSSR count). The number of hydrogen-bond donors (Lipinski definition) is 1. The van der Waals surface area contributed by atoms with E-state index in [2.05, 4.69) is 54.5 Å². The van der Waals surface area contributed by atoms with Crippen LogP contribution in [0.1, 0.15) is 37.4 Å². The highest BCUT2D eigenvalue weighted by Crippen LogP contribution is 2.25. The Morgan fingerprint density at radius 1 is 1.07 bits per heavy atom. The predicted octanol–water partition coefficient (Wildman–Crippen LogP) is 4.79. The van der Waals surface area contributed by atoms with Gasteiger partial charge in [0.1, 0.15) is 0 Å². The molecule has 152 valence electrons. The molecular formula is C23H28N4OS. The lowest BCUT2D eigenvalue weighted by atomic mass is 9.97. The minimum Gasteiger partial charge on any atom is -0.349 e. The summed E-state index contributed by atoms with van der Waals surface area (Å²) < 4.78 is 1.95. The minimum absolute atomic E-state index is 0.00458. The normalized spacial score (nSPS) is 12.2. The Labute approximate surface area is 176 Å². The molecule has 0 saturated carbocycles. The van der Waals surface area contributed by atoms with Gasteiger partial charge in [0, 0.05) is 12.6 Å². The van der Waals surface area contributed by atoms with Crippen molar-refractivity contribution in [1.29, 1.82) is 0 Å². The average molecular weight is 409 g/mol. The van der Waals surface area contributed by atoms with Crippen molar-refractivity contribution >= 4 is 17.7 Å². The molecule has 1 N–H and O–H groups in total. The lowest BCUT2D eigenvalue weighted by molar-refractivity contribution is -0.119. The zero-order chi connectivity index (χ0) is 20.8. The number of amides is 1. The third kappa shape index (κ3) is 5.48. The van der Waals surface area contributed by atoms with E-state index in [-0.39, 0.29) is 11.9 Å². The fourth-order valence-corrected chi connectivity index (χ4v) is 4.02. The van der Waals surface area contributed by atoms with Crippen LogP contribution in [0.15, 0.2) is 59.8 Å². The van der Waals surface area contributed by atoms with Gasteiger partial charge in [-0.05, 0) is 30.4 Å². The highest BCUT2D eigenvalue weighted by molar-refractivity contribution is 7.99. The molecule has 1 atom stereocenters. The molecule has 0 aliphatic carbocycles. The maximum Gasteiger partial charge on any atom is 0.230 e. The number of hydrogen-bond acceptors (Lipinski definition) is 4. The maximum atomic E-state index is 12.6. The number of nitrogens with one attached hydrogen (secondary N) is 1. The highest BCUT2D eigenvalue weighted by Gasteiger charge is 2.18. The highest BCUT2D eigenvalue weighted by atomic mass is 32.2. The second-order valence-electron chi connectivity index (χ2n) is 7.63. The van der Waals surface area contributed by atoms with Gasteiger partial charge in [-0.2, -0.15) is 0 Å². The number of nitrogens with zero attached hydrogens (tertiary/aromatic N) is 3. The van der Waals surface area contributed by atoms with Crippen LogP contribution in [0.2, 0.25) is 0 Å². The first-order valence-electron chi connectivity index (χ1n) is 9.88. The van der Waals surface area contributed by atoms with Crippen LogP contribution in [0.3, 0.4) is 0 Å². The lowest BCUT2D eigenvalue weighted by Crippen LogP contribution is -2.31. The average Bonchev–Trinajstić information content (AvgIpc) is 3.07. The van der Waals surface area contributed by atoms with Gasteiger partial charge >= 0.3 is 0 Å². The van der Waals surface area contributed by atoms with Crippen LogP contribution >= 0.6 is 11.8 Å². The largest absolute Gasteiger partial charge is 0.349 e. The van der Waals surface area contributed by atoms with Gasteiger partial charge in [0.25, 0.3) is 0 Å². The third-order valence-electron chi connectivity index (χ3n) is 4.80. The first-order valence-corrected chi connectivity index (χ1v) is 10.9. The Balaban J connectivity index is 1.65. The van der Waals surface area contributed by atoms with Crippen LogP contribution in [0.25, 0.3) is 11.4 Å². The molecule has 1 amide bonds. The molecular weight excluding hydrogens is 380 g/mol. The SMILES string of the molecule is Cc1ccccc1-c1nnc(SCC(=O)N[C@@H](CC(C)C)c2ccccc2)n1C. The molecule has 2 aromatic carbocycles. The van der Waals surface area contributed by atoms with Gasteiger partial charge in [0.2, 0.25) is 5.91 Å². The molecule has 29 heavy (non-hydrogen) atoms. The second kappa shape index (κ2) is 9.74. The number of aromatic nitrogens is 3. The van der Waals surface area contributed by atoms with Gasteiger partial charge in [-0.1, -0.05) is 80.2 Å². The monoisotopic (exact) mass is 408 g/mol. The molecule has 0 unspecified atom stereocenters. The number of benzene rings is 2. The fraction of sp³-hybridized carbons (Fsp3) is 0.348. The van der Waals surface area contributed by atoms with Crippen LogP contribution in [0, 0.1) is 12.8 Å². The summed E-state index contributed by atoms with van der Waals surface area (Å²) in [5.41, 5.74) is 3.34. The molecule has 0 bridgehead atoms. The second-order valence-corrected chi connectivity index (χ2v) is 8.57. The summed E-state index contributed by atoms with van der Waals surface area (Å²) in [4.78, 5) is 12.6. The first-order chi connectivity index (χ1) is 14.0. The molecule has 3 aromatic rings. The van der Waals surface area contributed by atoms with Crippen molar-refractivity contribution < 1.29 is 4.79 Å². The number of rotatable bonds is 8. The van der Waals surface area contributed by atoms with E-state index < -0.39 is 0 Å². The first kappa shape index (κ1) is 21.1. The van der Waals surface area contributed by atoms with Gasteiger partial charge in [0.15, 0.2) is 11.0 Å². The van der Waals surface area contributed by atoms with E-state index in [1.54, 1.807) is 0 Å². The fourth-order valence-electron chi connectivity index (χ4n) is 3.30. The van der Waals surface area contributed by atoms with Crippen molar-refractivity contribution in [2.75, 3.05) is 5.75 Å². The minimum atomic E-state index is 0.00458. The van der Waals surface area contributed by atoms with E-state index in [0.717, 1.165) is 34.1 Å². The molecule has 1 heterocycles. The van der Waals surface area contributed by atoms with Gasteiger partial charge in [-0.15, -0.1) is 10.2 Å². The summed E-state index contributed by atoms with van der Waals surface area (Å²) in [5.74, 6) is 1.61. The molecule has 5 nitrogen and oxygen atoms in total. The Hall–Kier alpha value is -2.60. The summed E-state index contributed by atoms with van der Waals surface area (Å²) in [6.07, 6.45) is 0.905. The number of carbonyl (C=O) groups is 1. The van der Waals surface area contributed by atoms with Crippen molar-refractivity contribution in [2.24, 2.45) is 13.0 Å². The Morgan fingerprint density at radius 3 is 2.45 bits per heavy atom. The maximum absolute atomic E-state index is 12.6. The number of thioether (sulfide) groups is 1. The van der Waals surface area contributed by atoms with E-state index in [1.165, 1.54) is 11.8 Å². The van der Waals surface area contributed by atoms with Crippen LogP contribution in [0.5, 0.6) is 0 Å². The summed E-state index contributed by atoms with van der Waals surface area (Å²) >= 11 is 1.41. The van der Waals surface area contributed by atoms with Crippen LogP contribution in [0.4, 0.5) is 0 Å². The Morgan fingerprint density at radius 2 is 1.76 bits per heavy atom. The third-order valence-corrected chi connectivity index (χ3v) is 5.82. The summed E-state index contributed by atoms with van der Waals surface area (Å²) in [6.45, 7) is 6.40. The molecule has 0 aliphatic heterocycles. The predicted molar refractivity (Wildman–Crippen MR) is 119 cm³/mol. The molecule has 6 heteroatoms. The van der Waals surface area contributed by atoms with E-state index in [0.29, 0.717) is 11.7 Å². The Kier molecular flexibility index (Phi) is 7.09. The summed E-state index contributed by atoms with van der Waals surface area (Å²) in [5, 5.41) is 12.5. The molecule has 0 fully saturated rings. The molecule has 0 aliphatic rings. The van der Waals surface area contributed by atoms with Crippen molar-refractivity contribution in [3.63, 3.8) is 0 Å². The zero-order valence-electron chi connectivity index (χ0n) is 17.4. The smallest absolute Gasteiger partial charge is 0.230 e. The van der Waals surface area contributed by atoms with Gasteiger partial charge in [0.05, 0.1) is 11.8 Å². The topological polar surface area (TPSA) is 59.8 Å². The molecule has 0 spiro atoms. The van der Waals surface area contributed by atoms with Gasteiger partial charge in [-0.3, -0.25) is 4.79 Å². The molecule has 1 aromatic heterocycles. The zero-order valence-corrected chi connectivity index (χ0v) is 18.2. The van der Waals surface area contributed by atoms with Gasteiger partial charge in [-0.25, -0.2) is 0 Å². The van der Waals surface area contributed by atoms with Gasteiger partial charge < -0.3 is 9.88 Å². The number of aryl methyl sites for hydroxylation is 1. The Bertz CT molecular complexity index is 953. The number of carbonyl (C=O) groups excluding carboxylic acids is 1. The van der Waals surface area contributed by atoms with Crippen molar-refractivity contribution in [3.05, 3.63) is 65.7 Å². The summed E-state index contributed by atoms with van der Waals surface area (Å²) in [7, 11) is 1.94. The van der Waals surface area contributed by atoms with E-state index in [4.69, 9.17) is 0 Å². The van der Waals surface area contributed by atoms with E-state index >= 15 is 0 Å². The van der Waals surface area contributed by atoms with Crippen LogP contribution < -0.4 is 5.32 Å².